The molecule has 2 aliphatic heterocycles. The van der Waals surface area contributed by atoms with E-state index in [1.807, 2.05) is 67.6 Å². The molecule has 3 heteroatoms. The second-order valence-electron chi connectivity index (χ2n) is 9.68. The minimum atomic E-state index is -0.785. The van der Waals surface area contributed by atoms with Crippen LogP contribution in [0, 0.1) is 11.8 Å². The Morgan fingerprint density at radius 2 is 1.32 bits per heavy atom. The first-order valence-corrected chi connectivity index (χ1v) is 10.6. The molecule has 2 bridgehead atoms. The van der Waals surface area contributed by atoms with E-state index in [9.17, 15) is 4.79 Å². The zero-order chi connectivity index (χ0) is 19.5. The number of hydrogen-bond acceptors (Lipinski definition) is 2. The van der Waals surface area contributed by atoms with Gasteiger partial charge in [0.25, 0.3) is 0 Å². The summed E-state index contributed by atoms with van der Waals surface area (Å²) in [6.45, 7) is 2.01. The SMILES string of the molecule is CC(C(=O)OC1CC2C3C[C@@H]3C(C1)[N+]2(C)C)(c1ccccc1)c1ccccc1. The molecule has 0 spiro atoms. The lowest BCUT2D eigenvalue weighted by atomic mass is 9.76. The van der Waals surface area contributed by atoms with Crippen molar-refractivity contribution in [2.45, 2.75) is 49.8 Å². The number of quaternary nitrogens is 1. The lowest BCUT2D eigenvalue weighted by Crippen LogP contribution is -2.59. The Morgan fingerprint density at radius 3 is 1.79 bits per heavy atom. The van der Waals surface area contributed by atoms with Gasteiger partial charge in [-0.25, -0.2) is 0 Å². The second-order valence-corrected chi connectivity index (χ2v) is 9.68. The summed E-state index contributed by atoms with van der Waals surface area (Å²) in [5.41, 5.74) is 1.19. The highest BCUT2D eigenvalue weighted by Crippen LogP contribution is 2.61. The van der Waals surface area contributed by atoms with Crippen molar-refractivity contribution in [2.24, 2.45) is 11.8 Å². The van der Waals surface area contributed by atoms with Gasteiger partial charge in [-0.3, -0.25) is 4.79 Å². The molecular formula is C25H30NO2+. The van der Waals surface area contributed by atoms with Gasteiger partial charge in [0.05, 0.1) is 26.2 Å². The molecule has 5 atom stereocenters. The van der Waals surface area contributed by atoms with Crippen LogP contribution in [0.15, 0.2) is 60.7 Å². The highest BCUT2D eigenvalue weighted by atomic mass is 16.5. The predicted octanol–water partition coefficient (Wildman–Crippen LogP) is 4.16. The molecule has 2 saturated heterocycles. The lowest BCUT2D eigenvalue weighted by Gasteiger charge is -2.46. The Bertz CT molecular complexity index is 816. The number of esters is 1. The quantitative estimate of drug-likeness (QED) is 0.592. The largest absolute Gasteiger partial charge is 0.461 e. The fourth-order valence-corrected chi connectivity index (χ4v) is 6.19. The molecule has 0 N–H and O–H groups in total. The number of nitrogens with zero attached hydrogens (tertiary/aromatic N) is 1. The van der Waals surface area contributed by atoms with Crippen molar-refractivity contribution < 1.29 is 14.0 Å². The van der Waals surface area contributed by atoms with Gasteiger partial charge in [-0.05, 0) is 24.5 Å². The summed E-state index contributed by atoms with van der Waals surface area (Å²) in [7, 11) is 4.75. The third kappa shape index (κ3) is 2.56. The van der Waals surface area contributed by atoms with E-state index in [4.69, 9.17) is 4.74 Å². The van der Waals surface area contributed by atoms with Gasteiger partial charge in [0.1, 0.15) is 11.5 Å². The molecule has 28 heavy (non-hydrogen) atoms. The molecule has 4 unspecified atom stereocenters. The second kappa shape index (κ2) is 6.18. The third-order valence-electron chi connectivity index (χ3n) is 7.98. The van der Waals surface area contributed by atoms with E-state index in [2.05, 4.69) is 14.1 Å². The van der Waals surface area contributed by atoms with Gasteiger partial charge in [-0.2, -0.15) is 0 Å². The Hall–Kier alpha value is -2.13. The first-order chi connectivity index (χ1) is 13.4. The van der Waals surface area contributed by atoms with E-state index < -0.39 is 5.41 Å². The fraction of sp³-hybridized carbons (Fsp3) is 0.480. The van der Waals surface area contributed by atoms with Crippen molar-refractivity contribution in [1.82, 2.24) is 0 Å². The highest BCUT2D eigenvalue weighted by Gasteiger charge is 2.68. The summed E-state index contributed by atoms with van der Waals surface area (Å²) < 4.78 is 7.38. The van der Waals surface area contributed by atoms with Crippen LogP contribution < -0.4 is 0 Å². The molecule has 0 aromatic heterocycles. The average Bonchev–Trinajstić information content (AvgIpc) is 3.47. The Morgan fingerprint density at radius 1 is 0.857 bits per heavy atom. The van der Waals surface area contributed by atoms with E-state index >= 15 is 0 Å². The zero-order valence-electron chi connectivity index (χ0n) is 17.0. The van der Waals surface area contributed by atoms with Crippen molar-refractivity contribution in [3.8, 4) is 0 Å². The molecule has 3 nitrogen and oxygen atoms in total. The molecule has 146 valence electrons. The van der Waals surface area contributed by atoms with Gasteiger partial charge in [0.2, 0.25) is 0 Å². The summed E-state index contributed by atoms with van der Waals surface area (Å²) in [5, 5.41) is 0. The van der Waals surface area contributed by atoms with Crippen molar-refractivity contribution in [3.63, 3.8) is 0 Å². The third-order valence-corrected chi connectivity index (χ3v) is 7.98. The highest BCUT2D eigenvalue weighted by molar-refractivity contribution is 5.87. The van der Waals surface area contributed by atoms with E-state index in [0.717, 1.165) is 40.3 Å². The van der Waals surface area contributed by atoms with Crippen molar-refractivity contribution in [3.05, 3.63) is 71.8 Å². The number of piperidine rings is 2. The minimum absolute atomic E-state index is 0.0493. The predicted molar refractivity (Wildman–Crippen MR) is 110 cm³/mol. The molecule has 2 heterocycles. The first kappa shape index (κ1) is 17.9. The molecule has 1 aliphatic carbocycles. The van der Waals surface area contributed by atoms with Gasteiger partial charge < -0.3 is 9.22 Å². The van der Waals surface area contributed by atoms with Crippen molar-refractivity contribution in [1.29, 1.82) is 0 Å². The maximum Gasteiger partial charge on any atom is 0.321 e. The molecular weight excluding hydrogens is 346 g/mol. The van der Waals surface area contributed by atoms with Crippen molar-refractivity contribution in [2.75, 3.05) is 14.1 Å². The Labute approximate surface area is 167 Å². The molecule has 0 amide bonds. The number of rotatable bonds is 4. The van der Waals surface area contributed by atoms with Crippen LogP contribution in [0.25, 0.3) is 0 Å². The molecule has 2 aromatic rings. The number of benzene rings is 2. The van der Waals surface area contributed by atoms with Gasteiger partial charge in [-0.1, -0.05) is 60.7 Å². The Balaban J connectivity index is 1.42. The summed E-state index contributed by atoms with van der Waals surface area (Å²) in [6.07, 6.45) is 3.46. The standard InChI is InChI=1S/C25H30NO2/c1-25(17-10-6-4-7-11-17,18-12-8-5-9-13-18)24(27)28-19-14-22-20-16-21(20)23(15-19)26(22,2)3/h4-13,19-23H,14-16H2,1-3H3/q+1/t19?,20-,21?,22?,23?/m0/s1. The van der Waals surface area contributed by atoms with Crippen molar-refractivity contribution >= 4 is 5.97 Å². The molecule has 3 fully saturated rings. The number of hydrogen-bond donors (Lipinski definition) is 0. The monoisotopic (exact) mass is 376 g/mol. The summed E-state index contributed by atoms with van der Waals surface area (Å²) in [6, 6.07) is 21.4. The van der Waals surface area contributed by atoms with Crippen LogP contribution in [0.3, 0.4) is 0 Å². The smallest absolute Gasteiger partial charge is 0.321 e. The van der Waals surface area contributed by atoms with Crippen LogP contribution in [0.2, 0.25) is 0 Å². The topological polar surface area (TPSA) is 26.3 Å². The van der Waals surface area contributed by atoms with Crippen LogP contribution in [0.1, 0.15) is 37.3 Å². The average molecular weight is 377 g/mol. The van der Waals surface area contributed by atoms with Gasteiger partial charge in [0, 0.05) is 24.7 Å². The number of carbonyl (C=O) groups excluding carboxylic acids is 1. The number of ether oxygens (including phenoxy) is 1. The van der Waals surface area contributed by atoms with Crippen LogP contribution in [-0.2, 0) is 14.9 Å². The first-order valence-electron chi connectivity index (χ1n) is 10.6. The van der Waals surface area contributed by atoms with Gasteiger partial charge in [0.15, 0.2) is 0 Å². The minimum Gasteiger partial charge on any atom is -0.461 e. The van der Waals surface area contributed by atoms with Gasteiger partial charge >= 0.3 is 5.97 Å². The molecule has 2 aromatic carbocycles. The summed E-state index contributed by atoms with van der Waals surface area (Å²) >= 11 is 0. The van der Waals surface area contributed by atoms with E-state index in [0.29, 0.717) is 12.1 Å². The molecule has 0 radical (unpaired) electrons. The summed E-state index contributed by atoms with van der Waals surface area (Å²) in [5.74, 6) is 1.60. The van der Waals surface area contributed by atoms with Gasteiger partial charge in [-0.15, -0.1) is 0 Å². The molecule has 3 aliphatic rings. The van der Waals surface area contributed by atoms with Crippen LogP contribution >= 0.6 is 0 Å². The molecule has 1 saturated carbocycles. The normalized spacial score (nSPS) is 32.5. The van der Waals surface area contributed by atoms with E-state index in [1.54, 1.807) is 0 Å². The lowest BCUT2D eigenvalue weighted by molar-refractivity contribution is -0.937. The Kier molecular flexibility index (Phi) is 3.96. The number of carbonyl (C=O) groups is 1. The molecule has 5 rings (SSSR count). The number of fused-ring (bicyclic) bond motifs is 5. The zero-order valence-corrected chi connectivity index (χ0v) is 17.0. The van der Waals surface area contributed by atoms with Crippen LogP contribution in [-0.4, -0.2) is 42.7 Å². The maximum absolute atomic E-state index is 13.6. The van der Waals surface area contributed by atoms with Crippen LogP contribution in [0.5, 0.6) is 0 Å². The fourth-order valence-electron chi connectivity index (χ4n) is 6.19. The summed E-state index contributed by atoms with van der Waals surface area (Å²) in [4.78, 5) is 13.6. The van der Waals surface area contributed by atoms with E-state index in [-0.39, 0.29) is 12.1 Å². The maximum atomic E-state index is 13.6. The van der Waals surface area contributed by atoms with Crippen LogP contribution in [0.4, 0.5) is 0 Å². The van der Waals surface area contributed by atoms with E-state index in [1.165, 1.54) is 6.42 Å².